The predicted molar refractivity (Wildman–Crippen MR) is 78.4 cm³/mol. The Balaban J connectivity index is 2.03. The van der Waals surface area contributed by atoms with Gasteiger partial charge in [0.1, 0.15) is 0 Å². The molecule has 2 rings (SSSR count). The number of amides is 3. The molecule has 110 valence electrons. The summed E-state index contributed by atoms with van der Waals surface area (Å²) in [4.78, 5) is 26.3. The van der Waals surface area contributed by atoms with Gasteiger partial charge in [-0.3, -0.25) is 4.79 Å². The van der Waals surface area contributed by atoms with E-state index in [0.717, 1.165) is 18.0 Å². The fourth-order valence-electron chi connectivity index (χ4n) is 2.39. The van der Waals surface area contributed by atoms with Crippen molar-refractivity contribution in [3.05, 3.63) is 22.4 Å². The van der Waals surface area contributed by atoms with E-state index in [2.05, 4.69) is 10.6 Å². The largest absolute Gasteiger partial charge is 0.352 e. The monoisotopic (exact) mass is 296 g/mol. The van der Waals surface area contributed by atoms with Gasteiger partial charge in [-0.05, 0) is 18.4 Å². The topological polar surface area (TPSA) is 87.5 Å². The minimum absolute atomic E-state index is 0.0474. The molecule has 20 heavy (non-hydrogen) atoms. The standard InChI is InChI=1S/C13H20N4O2S/c1-9-8-15-4-5-17(9)12(18)7-10(16-13(14)19)11-3-2-6-20-11/h2-3,6,9-10,15H,4-5,7-8H2,1H3,(H3,14,16,19)/t9-,10?/m0/s1. The molecule has 7 heteroatoms. The summed E-state index contributed by atoms with van der Waals surface area (Å²) in [5, 5.41) is 7.82. The number of nitrogens with zero attached hydrogens (tertiary/aromatic N) is 1. The normalized spacial score (nSPS) is 20.4. The number of nitrogens with one attached hydrogen (secondary N) is 2. The zero-order valence-electron chi connectivity index (χ0n) is 11.5. The van der Waals surface area contributed by atoms with Crippen LogP contribution >= 0.6 is 11.3 Å². The highest BCUT2D eigenvalue weighted by atomic mass is 32.1. The van der Waals surface area contributed by atoms with Gasteiger partial charge in [-0.15, -0.1) is 11.3 Å². The average Bonchev–Trinajstić information content (AvgIpc) is 2.91. The maximum absolute atomic E-state index is 12.4. The van der Waals surface area contributed by atoms with Crippen molar-refractivity contribution < 1.29 is 9.59 Å². The van der Waals surface area contributed by atoms with Gasteiger partial charge in [-0.1, -0.05) is 6.07 Å². The number of hydrogen-bond donors (Lipinski definition) is 3. The summed E-state index contributed by atoms with van der Waals surface area (Å²) in [6.45, 7) is 4.33. The second kappa shape index (κ2) is 6.71. The van der Waals surface area contributed by atoms with Crippen LogP contribution in [0.4, 0.5) is 4.79 Å². The molecule has 0 aromatic carbocycles. The van der Waals surface area contributed by atoms with Crippen molar-refractivity contribution in [1.29, 1.82) is 0 Å². The summed E-state index contributed by atoms with van der Waals surface area (Å²) in [6.07, 6.45) is 0.244. The van der Waals surface area contributed by atoms with Gasteiger partial charge in [0.2, 0.25) is 5.91 Å². The van der Waals surface area contributed by atoms with E-state index in [1.807, 2.05) is 29.3 Å². The molecule has 1 aromatic heterocycles. The van der Waals surface area contributed by atoms with Crippen LogP contribution in [-0.4, -0.2) is 42.5 Å². The lowest BCUT2D eigenvalue weighted by Gasteiger charge is -2.34. The van der Waals surface area contributed by atoms with Crippen LogP contribution in [0.5, 0.6) is 0 Å². The van der Waals surface area contributed by atoms with Gasteiger partial charge in [0, 0.05) is 30.6 Å². The van der Waals surface area contributed by atoms with Crippen LogP contribution in [0.2, 0.25) is 0 Å². The highest BCUT2D eigenvalue weighted by Gasteiger charge is 2.26. The van der Waals surface area contributed by atoms with E-state index in [4.69, 9.17) is 5.73 Å². The summed E-state index contributed by atoms with van der Waals surface area (Å²) in [7, 11) is 0. The number of nitrogens with two attached hydrogens (primary N) is 1. The van der Waals surface area contributed by atoms with E-state index in [9.17, 15) is 9.59 Å². The zero-order valence-corrected chi connectivity index (χ0v) is 12.3. The van der Waals surface area contributed by atoms with Crippen molar-refractivity contribution in [1.82, 2.24) is 15.5 Å². The molecule has 1 aliphatic heterocycles. The Bertz CT molecular complexity index is 463. The fraction of sp³-hybridized carbons (Fsp3) is 0.538. The number of thiophene rings is 1. The summed E-state index contributed by atoms with van der Waals surface area (Å²) >= 11 is 1.51. The molecule has 0 spiro atoms. The molecule has 1 aromatic rings. The molecular weight excluding hydrogens is 276 g/mol. The molecule has 2 atom stereocenters. The first-order chi connectivity index (χ1) is 9.58. The van der Waals surface area contributed by atoms with Crippen molar-refractivity contribution >= 4 is 23.3 Å². The minimum Gasteiger partial charge on any atom is -0.352 e. The van der Waals surface area contributed by atoms with Crippen LogP contribution in [0, 0.1) is 0 Å². The number of rotatable bonds is 4. The highest BCUT2D eigenvalue weighted by Crippen LogP contribution is 2.23. The van der Waals surface area contributed by atoms with Crippen LogP contribution in [0.1, 0.15) is 24.3 Å². The Labute approximate surface area is 122 Å². The van der Waals surface area contributed by atoms with Gasteiger partial charge in [-0.2, -0.15) is 0 Å². The number of primary amides is 1. The average molecular weight is 296 g/mol. The molecule has 1 saturated heterocycles. The lowest BCUT2D eigenvalue weighted by molar-refractivity contribution is -0.134. The number of carbonyl (C=O) groups excluding carboxylic acids is 2. The number of piperazine rings is 1. The lowest BCUT2D eigenvalue weighted by atomic mass is 10.1. The van der Waals surface area contributed by atoms with Gasteiger partial charge >= 0.3 is 6.03 Å². The van der Waals surface area contributed by atoms with E-state index in [1.54, 1.807) is 0 Å². The second-order valence-corrected chi connectivity index (χ2v) is 5.90. The summed E-state index contributed by atoms with van der Waals surface area (Å²) < 4.78 is 0. The van der Waals surface area contributed by atoms with E-state index < -0.39 is 6.03 Å². The SMILES string of the molecule is C[C@H]1CNCCN1C(=O)CC(NC(N)=O)c1cccs1. The van der Waals surface area contributed by atoms with E-state index in [1.165, 1.54) is 11.3 Å². The third-order valence-corrected chi connectivity index (χ3v) is 4.39. The Kier molecular flexibility index (Phi) is 4.97. The predicted octanol–water partition coefficient (Wildman–Crippen LogP) is 0.668. The van der Waals surface area contributed by atoms with Crippen LogP contribution < -0.4 is 16.4 Å². The molecule has 6 nitrogen and oxygen atoms in total. The van der Waals surface area contributed by atoms with Crippen molar-refractivity contribution in [2.75, 3.05) is 19.6 Å². The van der Waals surface area contributed by atoms with Gasteiger partial charge < -0.3 is 21.3 Å². The van der Waals surface area contributed by atoms with Gasteiger partial charge in [0.25, 0.3) is 0 Å². The molecule has 4 N–H and O–H groups in total. The smallest absolute Gasteiger partial charge is 0.312 e. The molecule has 0 bridgehead atoms. The second-order valence-electron chi connectivity index (χ2n) is 4.92. The number of carbonyl (C=O) groups is 2. The third kappa shape index (κ3) is 3.71. The first kappa shape index (κ1) is 14.8. The molecule has 3 amide bonds. The highest BCUT2D eigenvalue weighted by molar-refractivity contribution is 7.10. The van der Waals surface area contributed by atoms with Crippen LogP contribution in [0.15, 0.2) is 17.5 Å². The lowest BCUT2D eigenvalue weighted by Crippen LogP contribution is -2.52. The van der Waals surface area contributed by atoms with Gasteiger partial charge in [0.05, 0.1) is 12.5 Å². The van der Waals surface area contributed by atoms with Crippen molar-refractivity contribution in [3.63, 3.8) is 0 Å². The fourth-order valence-corrected chi connectivity index (χ4v) is 3.17. The maximum Gasteiger partial charge on any atom is 0.312 e. The zero-order chi connectivity index (χ0) is 14.5. The molecule has 0 radical (unpaired) electrons. The quantitative estimate of drug-likeness (QED) is 0.763. The van der Waals surface area contributed by atoms with Gasteiger partial charge in [0.15, 0.2) is 0 Å². The molecule has 0 aliphatic carbocycles. The third-order valence-electron chi connectivity index (χ3n) is 3.40. The van der Waals surface area contributed by atoms with Crippen LogP contribution in [-0.2, 0) is 4.79 Å². The Morgan fingerprint density at radius 3 is 3.05 bits per heavy atom. The number of urea groups is 1. The molecule has 1 unspecified atom stereocenters. The number of hydrogen-bond acceptors (Lipinski definition) is 4. The molecule has 2 heterocycles. The van der Waals surface area contributed by atoms with Gasteiger partial charge in [-0.25, -0.2) is 4.79 Å². The Hall–Kier alpha value is -1.60. The molecule has 0 saturated carbocycles. The summed E-state index contributed by atoms with van der Waals surface area (Å²) in [5.41, 5.74) is 5.20. The Morgan fingerprint density at radius 1 is 1.65 bits per heavy atom. The van der Waals surface area contributed by atoms with E-state index in [0.29, 0.717) is 6.54 Å². The van der Waals surface area contributed by atoms with Crippen molar-refractivity contribution in [3.8, 4) is 0 Å². The maximum atomic E-state index is 12.4. The first-order valence-electron chi connectivity index (χ1n) is 6.67. The van der Waals surface area contributed by atoms with E-state index in [-0.39, 0.29) is 24.4 Å². The summed E-state index contributed by atoms with van der Waals surface area (Å²) in [5.74, 6) is 0.0474. The van der Waals surface area contributed by atoms with E-state index >= 15 is 0 Å². The Morgan fingerprint density at radius 2 is 2.45 bits per heavy atom. The van der Waals surface area contributed by atoms with Crippen LogP contribution in [0.3, 0.4) is 0 Å². The molecule has 1 fully saturated rings. The van der Waals surface area contributed by atoms with Crippen LogP contribution in [0.25, 0.3) is 0 Å². The molecular formula is C13H20N4O2S. The molecule has 1 aliphatic rings. The first-order valence-corrected chi connectivity index (χ1v) is 7.55. The minimum atomic E-state index is -0.607. The van der Waals surface area contributed by atoms with Crippen molar-refractivity contribution in [2.45, 2.75) is 25.4 Å². The summed E-state index contributed by atoms with van der Waals surface area (Å²) in [6, 6.07) is 3.02. The van der Waals surface area contributed by atoms with Crippen molar-refractivity contribution in [2.24, 2.45) is 5.73 Å².